The number of aromatic nitrogens is 2. The van der Waals surface area contributed by atoms with Crippen molar-refractivity contribution in [2.75, 3.05) is 18.1 Å². The summed E-state index contributed by atoms with van der Waals surface area (Å²) in [5, 5.41) is 3.43. The summed E-state index contributed by atoms with van der Waals surface area (Å²) in [7, 11) is -0.789. The Morgan fingerprint density at radius 3 is 2.88 bits per heavy atom. The lowest BCUT2D eigenvalue weighted by Crippen LogP contribution is -2.22. The molecular weight excluding hydrogens is 234 g/mol. The zero-order valence-corrected chi connectivity index (χ0v) is 12.0. The van der Waals surface area contributed by atoms with Gasteiger partial charge in [0.15, 0.2) is 0 Å². The summed E-state index contributed by atoms with van der Waals surface area (Å²) < 4.78 is 13.4. The summed E-state index contributed by atoms with van der Waals surface area (Å²) in [4.78, 5) is 4.45. The lowest BCUT2D eigenvalue weighted by molar-refractivity contribution is 0.634. The molecule has 0 aliphatic carbocycles. The van der Waals surface area contributed by atoms with E-state index >= 15 is 0 Å². The summed E-state index contributed by atoms with van der Waals surface area (Å²) in [5.41, 5.74) is 1.02. The van der Waals surface area contributed by atoms with Crippen LogP contribution in [0.3, 0.4) is 0 Å². The first-order valence-corrected chi connectivity index (χ1v) is 7.76. The van der Waals surface area contributed by atoms with Gasteiger partial charge in [0.2, 0.25) is 5.95 Å². The van der Waals surface area contributed by atoms with Crippen molar-refractivity contribution in [2.45, 2.75) is 45.4 Å². The van der Waals surface area contributed by atoms with Crippen molar-refractivity contribution >= 4 is 16.7 Å². The van der Waals surface area contributed by atoms with Gasteiger partial charge in [-0.25, -0.2) is 4.98 Å². The van der Waals surface area contributed by atoms with Gasteiger partial charge in [-0.1, -0.05) is 13.3 Å². The first kappa shape index (κ1) is 14.2. The van der Waals surface area contributed by atoms with Crippen LogP contribution in [0.25, 0.3) is 0 Å². The molecule has 4 nitrogen and oxygen atoms in total. The first-order chi connectivity index (χ1) is 8.04. The minimum Gasteiger partial charge on any atom is -0.354 e. The maximum atomic E-state index is 11.3. The van der Waals surface area contributed by atoms with Gasteiger partial charge in [-0.05, 0) is 20.3 Å². The SMILES string of the molecule is CCCCn1cc(C)nc1NCC(C)S(C)=O. The Morgan fingerprint density at radius 2 is 2.29 bits per heavy atom. The molecular formula is C12H23N3OS. The highest BCUT2D eigenvalue weighted by atomic mass is 32.2. The lowest BCUT2D eigenvalue weighted by Gasteiger charge is -2.12. The fraction of sp³-hybridized carbons (Fsp3) is 0.750. The van der Waals surface area contributed by atoms with Crippen molar-refractivity contribution in [1.29, 1.82) is 0 Å². The maximum absolute atomic E-state index is 11.3. The highest BCUT2D eigenvalue weighted by Crippen LogP contribution is 2.10. The number of nitrogens with zero attached hydrogens (tertiary/aromatic N) is 2. The van der Waals surface area contributed by atoms with Crippen LogP contribution < -0.4 is 5.32 Å². The quantitative estimate of drug-likeness (QED) is 0.814. The lowest BCUT2D eigenvalue weighted by atomic mass is 10.3. The second-order valence-electron chi connectivity index (χ2n) is 4.44. The van der Waals surface area contributed by atoms with Crippen LogP contribution in [-0.4, -0.2) is 31.8 Å². The van der Waals surface area contributed by atoms with E-state index in [-0.39, 0.29) is 5.25 Å². The van der Waals surface area contributed by atoms with E-state index in [1.165, 1.54) is 6.42 Å². The molecule has 0 saturated heterocycles. The molecule has 1 aromatic rings. The Kier molecular flexibility index (Phi) is 5.68. The molecule has 0 aromatic carbocycles. The Labute approximate surface area is 106 Å². The zero-order chi connectivity index (χ0) is 12.8. The predicted octanol–water partition coefficient (Wildman–Crippen LogP) is 2.17. The van der Waals surface area contributed by atoms with E-state index in [4.69, 9.17) is 0 Å². The molecule has 1 rings (SSSR count). The van der Waals surface area contributed by atoms with Crippen molar-refractivity contribution in [3.05, 3.63) is 11.9 Å². The Bertz CT molecular complexity index is 376. The molecule has 0 aliphatic rings. The number of hydrogen-bond acceptors (Lipinski definition) is 3. The van der Waals surface area contributed by atoms with Crippen LogP contribution in [0, 0.1) is 6.92 Å². The summed E-state index contributed by atoms with van der Waals surface area (Å²) in [6.45, 7) is 7.85. The highest BCUT2D eigenvalue weighted by molar-refractivity contribution is 7.84. The number of unbranched alkanes of at least 4 members (excludes halogenated alkanes) is 1. The van der Waals surface area contributed by atoms with Crippen molar-refractivity contribution in [3.63, 3.8) is 0 Å². The molecule has 17 heavy (non-hydrogen) atoms. The fourth-order valence-corrected chi connectivity index (χ4v) is 1.86. The molecule has 0 spiro atoms. The van der Waals surface area contributed by atoms with Crippen LogP contribution >= 0.6 is 0 Å². The van der Waals surface area contributed by atoms with E-state index in [1.54, 1.807) is 6.26 Å². The van der Waals surface area contributed by atoms with Gasteiger partial charge in [-0.3, -0.25) is 4.21 Å². The number of rotatable bonds is 7. The molecule has 0 amide bonds. The van der Waals surface area contributed by atoms with Crippen LogP contribution in [0.4, 0.5) is 5.95 Å². The van der Waals surface area contributed by atoms with E-state index in [9.17, 15) is 4.21 Å². The van der Waals surface area contributed by atoms with E-state index in [2.05, 4.69) is 28.0 Å². The van der Waals surface area contributed by atoms with Crippen LogP contribution in [0.5, 0.6) is 0 Å². The predicted molar refractivity (Wildman–Crippen MR) is 73.9 cm³/mol. The third-order valence-corrected chi connectivity index (χ3v) is 4.06. The van der Waals surface area contributed by atoms with Crippen LogP contribution in [0.15, 0.2) is 6.20 Å². The second-order valence-corrected chi connectivity index (χ2v) is 6.24. The van der Waals surface area contributed by atoms with Crippen LogP contribution in [0.1, 0.15) is 32.4 Å². The van der Waals surface area contributed by atoms with Crippen molar-refractivity contribution < 1.29 is 4.21 Å². The molecule has 0 aliphatic heterocycles. The van der Waals surface area contributed by atoms with Crippen molar-refractivity contribution in [3.8, 4) is 0 Å². The van der Waals surface area contributed by atoms with Gasteiger partial charge in [-0.2, -0.15) is 0 Å². The Balaban J connectivity index is 2.60. The Hall–Kier alpha value is -0.840. The summed E-state index contributed by atoms with van der Waals surface area (Å²) >= 11 is 0. The van der Waals surface area contributed by atoms with Gasteiger partial charge in [0.1, 0.15) is 0 Å². The summed E-state index contributed by atoms with van der Waals surface area (Å²) in [5.74, 6) is 0.897. The minimum absolute atomic E-state index is 0.145. The fourth-order valence-electron chi connectivity index (χ4n) is 1.54. The number of anilines is 1. The molecule has 0 radical (unpaired) electrons. The van der Waals surface area contributed by atoms with Crippen molar-refractivity contribution in [2.24, 2.45) is 0 Å². The van der Waals surface area contributed by atoms with Gasteiger partial charge >= 0.3 is 0 Å². The van der Waals surface area contributed by atoms with Gasteiger partial charge < -0.3 is 9.88 Å². The highest BCUT2D eigenvalue weighted by Gasteiger charge is 2.09. The van der Waals surface area contributed by atoms with Gasteiger partial charge in [0, 0.05) is 41.6 Å². The third-order valence-electron chi connectivity index (χ3n) is 2.76. The Morgan fingerprint density at radius 1 is 1.59 bits per heavy atom. The van der Waals surface area contributed by atoms with Crippen LogP contribution in [-0.2, 0) is 17.3 Å². The summed E-state index contributed by atoms with van der Waals surface area (Å²) in [6.07, 6.45) is 6.12. The topological polar surface area (TPSA) is 46.9 Å². The van der Waals surface area contributed by atoms with E-state index < -0.39 is 10.8 Å². The molecule has 1 heterocycles. The molecule has 0 fully saturated rings. The molecule has 1 aromatic heterocycles. The third kappa shape index (κ3) is 4.50. The number of nitrogens with one attached hydrogen (secondary N) is 1. The standard InChI is InChI=1S/C12H23N3OS/c1-5-6-7-15-9-10(2)14-12(15)13-8-11(3)17(4)16/h9,11H,5-8H2,1-4H3,(H,13,14). The monoisotopic (exact) mass is 257 g/mol. The molecule has 0 bridgehead atoms. The first-order valence-electron chi connectivity index (χ1n) is 6.14. The van der Waals surface area contributed by atoms with Crippen LogP contribution in [0.2, 0.25) is 0 Å². The number of aryl methyl sites for hydroxylation is 2. The maximum Gasteiger partial charge on any atom is 0.203 e. The molecule has 2 atom stereocenters. The molecule has 2 unspecified atom stereocenters. The van der Waals surface area contributed by atoms with E-state index in [0.29, 0.717) is 6.54 Å². The average Bonchev–Trinajstić information content (AvgIpc) is 2.63. The summed E-state index contributed by atoms with van der Waals surface area (Å²) in [6, 6.07) is 0. The number of hydrogen-bond donors (Lipinski definition) is 1. The van der Waals surface area contributed by atoms with Gasteiger partial charge in [-0.15, -0.1) is 0 Å². The average molecular weight is 257 g/mol. The molecule has 1 N–H and O–H groups in total. The van der Waals surface area contributed by atoms with E-state index in [0.717, 1.165) is 24.6 Å². The number of imidazole rings is 1. The smallest absolute Gasteiger partial charge is 0.203 e. The molecule has 0 saturated carbocycles. The minimum atomic E-state index is -0.789. The van der Waals surface area contributed by atoms with Gasteiger partial charge in [0.05, 0.1) is 5.69 Å². The molecule has 5 heteroatoms. The normalized spacial score (nSPS) is 14.6. The zero-order valence-electron chi connectivity index (χ0n) is 11.2. The largest absolute Gasteiger partial charge is 0.354 e. The van der Waals surface area contributed by atoms with E-state index in [1.807, 2.05) is 13.8 Å². The second kappa shape index (κ2) is 6.79. The molecule has 98 valence electrons. The van der Waals surface area contributed by atoms with Crippen molar-refractivity contribution in [1.82, 2.24) is 9.55 Å². The van der Waals surface area contributed by atoms with Gasteiger partial charge in [0.25, 0.3) is 0 Å².